The summed E-state index contributed by atoms with van der Waals surface area (Å²) in [6.07, 6.45) is 4.55. The van der Waals surface area contributed by atoms with Gasteiger partial charge in [-0.15, -0.1) is 0 Å². The Hall–Kier alpha value is -1.89. The summed E-state index contributed by atoms with van der Waals surface area (Å²) in [5, 5.41) is 8.05. The van der Waals surface area contributed by atoms with E-state index in [1.54, 1.807) is 17.8 Å². The number of rotatable bonds is 5. The number of allylic oxidation sites excluding steroid dienone is 1. The summed E-state index contributed by atoms with van der Waals surface area (Å²) < 4.78 is 6.94. The Kier molecular flexibility index (Phi) is 5.18. The topological polar surface area (TPSA) is 59.4 Å². The second kappa shape index (κ2) is 6.91. The van der Waals surface area contributed by atoms with Gasteiger partial charge in [0.2, 0.25) is 0 Å². The fraction of sp³-hybridized carbons (Fsp3) is 0.533. The predicted octanol–water partition coefficient (Wildman–Crippen LogP) is 1.90. The van der Waals surface area contributed by atoms with Gasteiger partial charge in [-0.3, -0.25) is 4.68 Å². The van der Waals surface area contributed by atoms with E-state index in [9.17, 15) is 4.79 Å². The molecule has 120 valence electrons. The highest BCUT2D eigenvalue weighted by molar-refractivity contribution is 7.80. The second-order valence-corrected chi connectivity index (χ2v) is 5.59. The van der Waals surface area contributed by atoms with Crippen molar-refractivity contribution in [3.63, 3.8) is 0 Å². The van der Waals surface area contributed by atoms with Crippen LogP contribution in [0.3, 0.4) is 0 Å². The third-order valence-electron chi connectivity index (χ3n) is 3.60. The number of carbonyl (C=O) groups is 1. The van der Waals surface area contributed by atoms with Crippen molar-refractivity contribution >= 4 is 23.3 Å². The highest BCUT2D eigenvalue weighted by Crippen LogP contribution is 2.31. The van der Waals surface area contributed by atoms with Gasteiger partial charge in [-0.25, -0.2) is 4.79 Å². The summed E-state index contributed by atoms with van der Waals surface area (Å²) in [5.74, 6) is -0.315. The molecule has 0 amide bonds. The lowest BCUT2D eigenvalue weighted by molar-refractivity contribution is -0.139. The van der Waals surface area contributed by atoms with Crippen LogP contribution in [0.15, 0.2) is 23.7 Å². The Balaban J connectivity index is 2.47. The number of nitrogens with one attached hydrogen (secondary N) is 1. The molecule has 0 aliphatic carbocycles. The van der Waals surface area contributed by atoms with E-state index >= 15 is 0 Å². The molecule has 0 radical (unpaired) electrons. The van der Waals surface area contributed by atoms with E-state index in [2.05, 4.69) is 17.3 Å². The van der Waals surface area contributed by atoms with E-state index in [-0.39, 0.29) is 12.0 Å². The molecule has 1 aliphatic rings. The number of thiocarbonyl (C=S) groups is 1. The fourth-order valence-electron chi connectivity index (χ4n) is 2.59. The van der Waals surface area contributed by atoms with Crippen LogP contribution in [0.1, 0.15) is 38.8 Å². The van der Waals surface area contributed by atoms with Crippen molar-refractivity contribution in [1.29, 1.82) is 0 Å². The number of hydrogen-bond donors (Lipinski definition) is 1. The van der Waals surface area contributed by atoms with Crippen molar-refractivity contribution in [2.24, 2.45) is 7.05 Å². The maximum absolute atomic E-state index is 12.4. The van der Waals surface area contributed by atoms with Gasteiger partial charge in [0.15, 0.2) is 5.11 Å². The van der Waals surface area contributed by atoms with Crippen LogP contribution in [0, 0.1) is 0 Å². The van der Waals surface area contributed by atoms with Crippen LogP contribution in [-0.4, -0.2) is 38.9 Å². The van der Waals surface area contributed by atoms with Gasteiger partial charge < -0.3 is 15.0 Å². The summed E-state index contributed by atoms with van der Waals surface area (Å²) in [6.45, 7) is 6.90. The average molecular weight is 322 g/mol. The fourth-order valence-corrected chi connectivity index (χ4v) is 2.93. The lowest BCUT2D eigenvalue weighted by atomic mass is 9.97. The molecule has 1 aromatic heterocycles. The quantitative estimate of drug-likeness (QED) is 0.660. The van der Waals surface area contributed by atoms with Crippen molar-refractivity contribution in [3.05, 3.63) is 29.2 Å². The van der Waals surface area contributed by atoms with Crippen LogP contribution in [0.4, 0.5) is 0 Å². The molecule has 0 aromatic carbocycles. The van der Waals surface area contributed by atoms with E-state index in [1.165, 1.54) is 0 Å². The van der Waals surface area contributed by atoms with E-state index in [1.807, 2.05) is 25.1 Å². The number of esters is 1. The Morgan fingerprint density at radius 2 is 2.23 bits per heavy atom. The molecule has 0 bridgehead atoms. The smallest absolute Gasteiger partial charge is 0.338 e. The minimum Gasteiger partial charge on any atom is -0.463 e. The maximum atomic E-state index is 12.4. The lowest BCUT2D eigenvalue weighted by Crippen LogP contribution is -2.48. The summed E-state index contributed by atoms with van der Waals surface area (Å²) in [7, 11) is 1.84. The summed E-state index contributed by atoms with van der Waals surface area (Å²) >= 11 is 5.46. The highest BCUT2D eigenvalue weighted by atomic mass is 32.1. The monoisotopic (exact) mass is 322 g/mol. The normalized spacial score (nSPS) is 18.5. The van der Waals surface area contributed by atoms with Crippen LogP contribution in [0.25, 0.3) is 0 Å². The van der Waals surface area contributed by atoms with Gasteiger partial charge in [0.25, 0.3) is 0 Å². The molecule has 0 fully saturated rings. The van der Waals surface area contributed by atoms with E-state index in [4.69, 9.17) is 17.0 Å². The van der Waals surface area contributed by atoms with Crippen molar-refractivity contribution in [2.75, 3.05) is 13.2 Å². The molecule has 2 heterocycles. The molecule has 6 nitrogen and oxygen atoms in total. The molecule has 1 unspecified atom stereocenters. The van der Waals surface area contributed by atoms with Crippen LogP contribution in [0.5, 0.6) is 0 Å². The maximum Gasteiger partial charge on any atom is 0.338 e. The molecule has 2 rings (SSSR count). The highest BCUT2D eigenvalue weighted by Gasteiger charge is 2.34. The Morgan fingerprint density at radius 1 is 1.50 bits per heavy atom. The van der Waals surface area contributed by atoms with Crippen LogP contribution in [0.2, 0.25) is 0 Å². The molecule has 1 aliphatic heterocycles. The standard InChI is InChI=1S/C15H22N4O2S/c1-5-7-19-10(3)12(14(20)21-6-2)13(17-15(19)22)11-8-16-18(4)9-11/h8-9,13H,5-7H2,1-4H3,(H,17,22). The molecule has 0 saturated heterocycles. The minimum atomic E-state index is -0.326. The summed E-state index contributed by atoms with van der Waals surface area (Å²) in [6, 6.07) is -0.326. The first-order valence-electron chi connectivity index (χ1n) is 7.44. The molecule has 7 heteroatoms. The van der Waals surface area contributed by atoms with E-state index in [0.29, 0.717) is 17.3 Å². The number of aromatic nitrogens is 2. The first-order chi connectivity index (χ1) is 10.5. The van der Waals surface area contributed by atoms with Gasteiger partial charge in [0, 0.05) is 31.0 Å². The van der Waals surface area contributed by atoms with Gasteiger partial charge in [0.1, 0.15) is 0 Å². The van der Waals surface area contributed by atoms with Crippen LogP contribution in [-0.2, 0) is 16.6 Å². The van der Waals surface area contributed by atoms with Crippen molar-refractivity contribution in [3.8, 4) is 0 Å². The predicted molar refractivity (Wildman–Crippen MR) is 88.0 cm³/mol. The minimum absolute atomic E-state index is 0.315. The average Bonchev–Trinajstić information content (AvgIpc) is 2.89. The number of carbonyl (C=O) groups excluding carboxylic acids is 1. The van der Waals surface area contributed by atoms with Crippen molar-refractivity contribution in [1.82, 2.24) is 20.0 Å². The van der Waals surface area contributed by atoms with Gasteiger partial charge in [-0.1, -0.05) is 6.92 Å². The molecule has 22 heavy (non-hydrogen) atoms. The zero-order valence-corrected chi connectivity index (χ0v) is 14.2. The third-order valence-corrected chi connectivity index (χ3v) is 3.94. The first kappa shape index (κ1) is 16.5. The van der Waals surface area contributed by atoms with Crippen LogP contribution >= 0.6 is 12.2 Å². The number of ether oxygens (including phenoxy) is 1. The molecule has 1 atom stereocenters. The zero-order chi connectivity index (χ0) is 16.3. The van der Waals surface area contributed by atoms with Gasteiger partial charge in [-0.05, 0) is 32.5 Å². The third kappa shape index (κ3) is 3.14. The number of nitrogens with zero attached hydrogens (tertiary/aromatic N) is 3. The van der Waals surface area contributed by atoms with Crippen LogP contribution < -0.4 is 5.32 Å². The van der Waals surface area contributed by atoms with E-state index < -0.39 is 0 Å². The SMILES string of the molecule is CCCN1C(=S)NC(c2cnn(C)c2)C(C(=O)OCC)=C1C. The molecule has 1 aromatic rings. The zero-order valence-electron chi connectivity index (χ0n) is 13.4. The van der Waals surface area contributed by atoms with E-state index in [0.717, 1.165) is 24.2 Å². The molecule has 1 N–H and O–H groups in total. The Bertz CT molecular complexity index is 608. The Labute approximate surface area is 136 Å². The first-order valence-corrected chi connectivity index (χ1v) is 7.84. The molecule has 0 spiro atoms. The second-order valence-electron chi connectivity index (χ2n) is 5.20. The van der Waals surface area contributed by atoms with Crippen molar-refractivity contribution < 1.29 is 9.53 Å². The molecule has 0 saturated carbocycles. The summed E-state index contributed by atoms with van der Waals surface area (Å²) in [4.78, 5) is 14.4. The number of hydrogen-bond acceptors (Lipinski definition) is 4. The number of aryl methyl sites for hydroxylation is 1. The van der Waals surface area contributed by atoms with Gasteiger partial charge in [-0.2, -0.15) is 5.10 Å². The van der Waals surface area contributed by atoms with Gasteiger partial charge in [0.05, 0.1) is 24.4 Å². The molecular formula is C15H22N4O2S. The Morgan fingerprint density at radius 3 is 2.77 bits per heavy atom. The van der Waals surface area contributed by atoms with Gasteiger partial charge >= 0.3 is 5.97 Å². The lowest BCUT2D eigenvalue weighted by Gasteiger charge is -2.37. The van der Waals surface area contributed by atoms with Crippen molar-refractivity contribution in [2.45, 2.75) is 33.2 Å². The summed E-state index contributed by atoms with van der Waals surface area (Å²) in [5.41, 5.74) is 2.33. The molecular weight excluding hydrogens is 300 g/mol. The largest absolute Gasteiger partial charge is 0.463 e.